The first-order valence-corrected chi connectivity index (χ1v) is 11.3. The predicted octanol–water partition coefficient (Wildman–Crippen LogP) is 2.37. The van der Waals surface area contributed by atoms with E-state index in [9.17, 15) is 8.42 Å². The number of nitrogens with one attached hydrogen (secondary N) is 2. The van der Waals surface area contributed by atoms with Gasteiger partial charge in [0.1, 0.15) is 0 Å². The smallest absolute Gasteiger partial charge is 0.175 e. The molecule has 2 aliphatic heterocycles. The lowest BCUT2D eigenvalue weighted by Gasteiger charge is -2.32. The molecule has 2 N–H and O–H groups in total. The van der Waals surface area contributed by atoms with Gasteiger partial charge in [0.25, 0.3) is 0 Å². The van der Waals surface area contributed by atoms with Crippen LogP contribution in [0.3, 0.4) is 0 Å². The molecule has 6 heteroatoms. The van der Waals surface area contributed by atoms with E-state index in [1.807, 2.05) is 12.1 Å². The summed E-state index contributed by atoms with van der Waals surface area (Å²) in [6.45, 7) is 1.92. The topological polar surface area (TPSA) is 58.2 Å². The molecule has 3 rings (SSSR count). The summed E-state index contributed by atoms with van der Waals surface area (Å²) in [6.07, 6.45) is 6.51. The third-order valence-corrected chi connectivity index (χ3v) is 7.34. The van der Waals surface area contributed by atoms with Gasteiger partial charge in [0.05, 0.1) is 4.90 Å². The van der Waals surface area contributed by atoms with Gasteiger partial charge < -0.3 is 10.6 Å². The van der Waals surface area contributed by atoms with Gasteiger partial charge in [0.15, 0.2) is 9.84 Å². The van der Waals surface area contributed by atoms with E-state index in [-0.39, 0.29) is 6.04 Å². The number of hydrogen-bond acceptors (Lipinski definition) is 5. The fourth-order valence-corrected chi connectivity index (χ4v) is 5.34. The summed E-state index contributed by atoms with van der Waals surface area (Å²) in [6, 6.07) is 8.06. The van der Waals surface area contributed by atoms with Crippen LogP contribution in [0.1, 0.15) is 37.3 Å². The lowest BCUT2D eigenvalue weighted by Crippen LogP contribution is -2.50. The molecule has 0 bridgehead atoms. The van der Waals surface area contributed by atoms with Gasteiger partial charge >= 0.3 is 0 Å². The van der Waals surface area contributed by atoms with Crippen LogP contribution in [0.15, 0.2) is 29.2 Å². The molecule has 0 spiro atoms. The van der Waals surface area contributed by atoms with Crippen LogP contribution in [-0.2, 0) is 9.84 Å². The van der Waals surface area contributed by atoms with Crippen LogP contribution in [-0.4, -0.2) is 44.8 Å². The van der Waals surface area contributed by atoms with E-state index in [0.717, 1.165) is 23.9 Å². The Morgan fingerprint density at radius 1 is 1.17 bits per heavy atom. The summed E-state index contributed by atoms with van der Waals surface area (Å²) < 4.78 is 23.1. The second-order valence-electron chi connectivity index (χ2n) is 6.63. The van der Waals surface area contributed by atoms with Crippen molar-refractivity contribution >= 4 is 21.6 Å². The highest BCUT2D eigenvalue weighted by molar-refractivity contribution is 8.00. The van der Waals surface area contributed by atoms with E-state index in [4.69, 9.17) is 0 Å². The molecule has 23 heavy (non-hydrogen) atoms. The zero-order chi connectivity index (χ0) is 16.3. The van der Waals surface area contributed by atoms with Crippen LogP contribution in [0, 0.1) is 0 Å². The number of thioether (sulfide) groups is 1. The Labute approximate surface area is 143 Å². The van der Waals surface area contributed by atoms with Crippen LogP contribution >= 0.6 is 11.8 Å². The Bertz CT molecular complexity index is 610. The Morgan fingerprint density at radius 2 is 1.96 bits per heavy atom. The molecular weight excluding hydrogens is 328 g/mol. The number of benzene rings is 1. The number of sulfone groups is 1. The molecule has 128 valence electrons. The monoisotopic (exact) mass is 354 g/mol. The quantitative estimate of drug-likeness (QED) is 0.850. The molecule has 3 atom stereocenters. The maximum Gasteiger partial charge on any atom is 0.175 e. The molecule has 0 aliphatic carbocycles. The Kier molecular flexibility index (Phi) is 5.67. The second-order valence-corrected chi connectivity index (χ2v) is 10.1. The molecule has 0 saturated carbocycles. The van der Waals surface area contributed by atoms with Gasteiger partial charge in [0.2, 0.25) is 0 Å². The van der Waals surface area contributed by atoms with Crippen LogP contribution in [0.4, 0.5) is 0 Å². The minimum atomic E-state index is -3.12. The van der Waals surface area contributed by atoms with Crippen molar-refractivity contribution in [3.05, 3.63) is 29.8 Å². The standard InChI is InChI=1S/C17H26N2O2S2/c1-23(20,21)16-8-4-13(5-9-16)17-12-18-11-14(19-17)6-7-15-3-2-10-22-15/h4-5,8-9,14-15,17-19H,2-3,6-7,10-12H2,1H3. The molecule has 2 fully saturated rings. The summed E-state index contributed by atoms with van der Waals surface area (Å²) in [7, 11) is -3.12. The molecule has 1 aromatic rings. The van der Waals surface area contributed by atoms with Gasteiger partial charge in [-0.3, -0.25) is 0 Å². The molecule has 3 unspecified atom stereocenters. The molecule has 0 aromatic heterocycles. The van der Waals surface area contributed by atoms with Gasteiger partial charge in [-0.05, 0) is 49.1 Å². The van der Waals surface area contributed by atoms with Crippen molar-refractivity contribution in [3.63, 3.8) is 0 Å². The van der Waals surface area contributed by atoms with Gasteiger partial charge in [-0.25, -0.2) is 8.42 Å². The summed E-state index contributed by atoms with van der Waals surface area (Å²) in [5.41, 5.74) is 1.16. The first kappa shape index (κ1) is 17.3. The molecule has 1 aromatic carbocycles. The normalized spacial score (nSPS) is 28.8. The van der Waals surface area contributed by atoms with Crippen LogP contribution in [0.25, 0.3) is 0 Å². The molecule has 0 radical (unpaired) electrons. The van der Waals surface area contributed by atoms with Crippen molar-refractivity contribution in [2.75, 3.05) is 25.1 Å². The van der Waals surface area contributed by atoms with Gasteiger partial charge in [0, 0.05) is 36.7 Å². The molecule has 2 saturated heterocycles. The minimum absolute atomic E-state index is 0.263. The number of hydrogen-bond donors (Lipinski definition) is 2. The number of piperazine rings is 1. The van der Waals surface area contributed by atoms with Crippen molar-refractivity contribution in [1.29, 1.82) is 0 Å². The summed E-state index contributed by atoms with van der Waals surface area (Å²) in [4.78, 5) is 0.389. The van der Waals surface area contributed by atoms with E-state index in [0.29, 0.717) is 10.9 Å². The zero-order valence-electron chi connectivity index (χ0n) is 13.6. The first-order chi connectivity index (χ1) is 11.0. The lowest BCUT2D eigenvalue weighted by molar-refractivity contribution is 0.324. The minimum Gasteiger partial charge on any atom is -0.313 e. The molecule has 2 heterocycles. The first-order valence-electron chi connectivity index (χ1n) is 8.41. The molecule has 2 aliphatic rings. The highest BCUT2D eigenvalue weighted by atomic mass is 32.2. The Hall–Kier alpha value is -0.560. The largest absolute Gasteiger partial charge is 0.313 e. The summed E-state index contributed by atoms with van der Waals surface area (Å²) >= 11 is 2.13. The second kappa shape index (κ2) is 7.55. The predicted molar refractivity (Wildman–Crippen MR) is 96.8 cm³/mol. The van der Waals surface area contributed by atoms with Crippen LogP contribution in [0.5, 0.6) is 0 Å². The third-order valence-electron chi connectivity index (χ3n) is 4.75. The van der Waals surface area contributed by atoms with Crippen molar-refractivity contribution in [2.45, 2.75) is 47.9 Å². The maximum absolute atomic E-state index is 11.6. The average Bonchev–Trinajstić information content (AvgIpc) is 3.06. The number of rotatable bonds is 5. The van der Waals surface area contributed by atoms with E-state index >= 15 is 0 Å². The summed E-state index contributed by atoms with van der Waals surface area (Å²) in [5, 5.41) is 8.10. The third kappa shape index (κ3) is 4.72. The van der Waals surface area contributed by atoms with Gasteiger partial charge in [-0.2, -0.15) is 11.8 Å². The Morgan fingerprint density at radius 3 is 2.61 bits per heavy atom. The van der Waals surface area contributed by atoms with Gasteiger partial charge in [-0.1, -0.05) is 12.1 Å². The van der Waals surface area contributed by atoms with Crippen LogP contribution in [0.2, 0.25) is 0 Å². The molecular formula is C17H26N2O2S2. The SMILES string of the molecule is CS(=O)(=O)c1ccc(C2CNCC(CCC3CCCS3)N2)cc1. The Balaban J connectivity index is 1.57. The van der Waals surface area contributed by atoms with E-state index < -0.39 is 9.84 Å². The average molecular weight is 355 g/mol. The van der Waals surface area contributed by atoms with Crippen molar-refractivity contribution in [3.8, 4) is 0 Å². The van der Waals surface area contributed by atoms with Gasteiger partial charge in [-0.15, -0.1) is 0 Å². The van der Waals surface area contributed by atoms with E-state index in [1.165, 1.54) is 37.7 Å². The molecule has 4 nitrogen and oxygen atoms in total. The fourth-order valence-electron chi connectivity index (χ4n) is 3.41. The fraction of sp³-hybridized carbons (Fsp3) is 0.647. The van der Waals surface area contributed by atoms with Crippen LogP contribution < -0.4 is 10.6 Å². The lowest BCUT2D eigenvalue weighted by atomic mass is 10.00. The van der Waals surface area contributed by atoms with E-state index in [1.54, 1.807) is 12.1 Å². The highest BCUT2D eigenvalue weighted by Crippen LogP contribution is 2.30. The summed E-state index contributed by atoms with van der Waals surface area (Å²) in [5.74, 6) is 1.33. The zero-order valence-corrected chi connectivity index (χ0v) is 15.3. The van der Waals surface area contributed by atoms with E-state index in [2.05, 4.69) is 22.4 Å². The maximum atomic E-state index is 11.6. The van der Waals surface area contributed by atoms with Crippen molar-refractivity contribution in [2.24, 2.45) is 0 Å². The van der Waals surface area contributed by atoms with Crippen molar-refractivity contribution < 1.29 is 8.42 Å². The highest BCUT2D eigenvalue weighted by Gasteiger charge is 2.24. The van der Waals surface area contributed by atoms with Crippen molar-refractivity contribution in [1.82, 2.24) is 10.6 Å². The molecule has 0 amide bonds.